The van der Waals surface area contributed by atoms with Gasteiger partial charge < -0.3 is 14.2 Å². The number of hydrogen-bond donors (Lipinski definition) is 0. The number of esters is 1. The van der Waals surface area contributed by atoms with Gasteiger partial charge in [0.25, 0.3) is 0 Å². The fourth-order valence-electron chi connectivity index (χ4n) is 2.04. The minimum atomic E-state index is -0.193. The van der Waals surface area contributed by atoms with Gasteiger partial charge in [-0.1, -0.05) is 24.3 Å². The topological polar surface area (TPSA) is 44.8 Å². The molecule has 0 aromatic heterocycles. The van der Waals surface area contributed by atoms with E-state index in [1.807, 2.05) is 48.5 Å². The van der Waals surface area contributed by atoms with Crippen LogP contribution in [-0.2, 0) is 16.1 Å². The lowest BCUT2D eigenvalue weighted by Gasteiger charge is -2.06. The number of fused-ring (bicyclic) bond motifs is 1. The minimum Gasteiger partial charge on any atom is -0.461 e. The van der Waals surface area contributed by atoms with Crippen molar-refractivity contribution in [3.05, 3.63) is 54.1 Å². The molecule has 2 aromatic rings. The summed E-state index contributed by atoms with van der Waals surface area (Å²) in [5, 5.41) is 0. The SMILES string of the molecule is O=C(CCSc1ccccc1)OCc1ccc2c(c1)OCO2. The minimum absolute atomic E-state index is 0.193. The summed E-state index contributed by atoms with van der Waals surface area (Å²) in [7, 11) is 0. The van der Waals surface area contributed by atoms with Gasteiger partial charge in [-0.2, -0.15) is 0 Å². The first kappa shape index (κ1) is 14.8. The Balaban J connectivity index is 1.41. The van der Waals surface area contributed by atoms with Crippen molar-refractivity contribution in [2.45, 2.75) is 17.9 Å². The van der Waals surface area contributed by atoms with Gasteiger partial charge in [0.05, 0.1) is 6.42 Å². The molecule has 0 unspecified atom stereocenters. The lowest BCUT2D eigenvalue weighted by Crippen LogP contribution is -2.05. The first-order chi connectivity index (χ1) is 10.8. The number of carbonyl (C=O) groups is 1. The van der Waals surface area contributed by atoms with Crippen LogP contribution in [0.15, 0.2) is 53.4 Å². The quantitative estimate of drug-likeness (QED) is 0.601. The van der Waals surface area contributed by atoms with Crippen LogP contribution in [0.1, 0.15) is 12.0 Å². The summed E-state index contributed by atoms with van der Waals surface area (Å²) in [5.41, 5.74) is 0.897. The van der Waals surface area contributed by atoms with E-state index in [9.17, 15) is 4.79 Å². The average Bonchev–Trinajstić information content (AvgIpc) is 3.01. The van der Waals surface area contributed by atoms with Crippen molar-refractivity contribution in [3.8, 4) is 11.5 Å². The van der Waals surface area contributed by atoms with E-state index in [4.69, 9.17) is 14.2 Å². The molecule has 0 bridgehead atoms. The van der Waals surface area contributed by atoms with Gasteiger partial charge >= 0.3 is 5.97 Å². The molecule has 1 heterocycles. The van der Waals surface area contributed by atoms with E-state index in [0.29, 0.717) is 17.9 Å². The molecule has 114 valence electrons. The third-order valence-corrected chi connectivity index (χ3v) is 4.17. The van der Waals surface area contributed by atoms with Crippen LogP contribution in [0, 0.1) is 0 Å². The summed E-state index contributed by atoms with van der Waals surface area (Å²) in [6.45, 7) is 0.501. The smallest absolute Gasteiger partial charge is 0.306 e. The Bertz CT molecular complexity index is 642. The molecular weight excluding hydrogens is 300 g/mol. The predicted molar refractivity (Wildman–Crippen MR) is 84.1 cm³/mol. The van der Waals surface area contributed by atoms with E-state index in [1.54, 1.807) is 11.8 Å². The molecule has 0 amide bonds. The highest BCUT2D eigenvalue weighted by Gasteiger charge is 2.13. The van der Waals surface area contributed by atoms with E-state index in [2.05, 4.69) is 0 Å². The van der Waals surface area contributed by atoms with Crippen LogP contribution < -0.4 is 9.47 Å². The molecule has 0 atom stereocenters. The summed E-state index contributed by atoms with van der Waals surface area (Å²) < 4.78 is 15.8. The first-order valence-corrected chi connectivity index (χ1v) is 8.02. The zero-order valence-electron chi connectivity index (χ0n) is 12.0. The van der Waals surface area contributed by atoms with E-state index in [1.165, 1.54) is 0 Å². The van der Waals surface area contributed by atoms with Crippen LogP contribution in [0.2, 0.25) is 0 Å². The molecule has 1 aliphatic rings. The van der Waals surface area contributed by atoms with Crippen molar-refractivity contribution in [1.82, 2.24) is 0 Å². The second-order valence-electron chi connectivity index (χ2n) is 4.76. The molecular formula is C17H16O4S. The molecule has 0 radical (unpaired) electrons. The Kier molecular flexibility index (Phi) is 4.85. The lowest BCUT2D eigenvalue weighted by atomic mass is 10.2. The van der Waals surface area contributed by atoms with Crippen molar-refractivity contribution in [2.75, 3.05) is 12.5 Å². The molecule has 0 spiro atoms. The molecule has 1 aliphatic heterocycles. The molecule has 0 saturated carbocycles. The van der Waals surface area contributed by atoms with Gasteiger partial charge in [-0.3, -0.25) is 4.79 Å². The highest BCUT2D eigenvalue weighted by atomic mass is 32.2. The zero-order valence-corrected chi connectivity index (χ0v) is 12.8. The van der Waals surface area contributed by atoms with Gasteiger partial charge in [-0.05, 0) is 29.8 Å². The molecule has 4 nitrogen and oxygen atoms in total. The predicted octanol–water partition coefficient (Wildman–Crippen LogP) is 3.64. The molecule has 22 heavy (non-hydrogen) atoms. The molecule has 0 N–H and O–H groups in total. The van der Waals surface area contributed by atoms with Gasteiger partial charge in [0.1, 0.15) is 6.61 Å². The fraction of sp³-hybridized carbons (Fsp3) is 0.235. The molecule has 0 fully saturated rings. The summed E-state index contributed by atoms with van der Waals surface area (Å²) in [6.07, 6.45) is 0.393. The first-order valence-electron chi connectivity index (χ1n) is 7.03. The molecule has 0 saturated heterocycles. The zero-order chi connectivity index (χ0) is 15.2. The summed E-state index contributed by atoms with van der Waals surface area (Å²) in [4.78, 5) is 12.9. The Hall–Kier alpha value is -2.14. The highest BCUT2D eigenvalue weighted by molar-refractivity contribution is 7.99. The normalized spacial score (nSPS) is 12.2. The van der Waals surface area contributed by atoms with Gasteiger partial charge in [0.2, 0.25) is 6.79 Å². The standard InChI is InChI=1S/C17H16O4S/c18-17(8-9-22-14-4-2-1-3-5-14)19-11-13-6-7-15-16(10-13)21-12-20-15/h1-7,10H,8-9,11-12H2. The molecule has 2 aromatic carbocycles. The summed E-state index contributed by atoms with van der Waals surface area (Å²) in [5.74, 6) is 1.95. The monoisotopic (exact) mass is 316 g/mol. The Morgan fingerprint density at radius 2 is 1.91 bits per heavy atom. The van der Waals surface area contributed by atoms with E-state index in [0.717, 1.165) is 16.2 Å². The van der Waals surface area contributed by atoms with Crippen molar-refractivity contribution >= 4 is 17.7 Å². The van der Waals surface area contributed by atoms with Crippen LogP contribution in [-0.4, -0.2) is 18.5 Å². The van der Waals surface area contributed by atoms with E-state index >= 15 is 0 Å². The summed E-state index contributed by atoms with van der Waals surface area (Å²) >= 11 is 1.65. The van der Waals surface area contributed by atoms with Crippen molar-refractivity contribution in [1.29, 1.82) is 0 Å². The highest BCUT2D eigenvalue weighted by Crippen LogP contribution is 2.32. The van der Waals surface area contributed by atoms with Crippen molar-refractivity contribution < 1.29 is 19.0 Å². The third kappa shape index (κ3) is 3.95. The Morgan fingerprint density at radius 3 is 2.77 bits per heavy atom. The van der Waals surface area contributed by atoms with Gasteiger partial charge in [-0.15, -0.1) is 11.8 Å². The van der Waals surface area contributed by atoms with Crippen LogP contribution in [0.5, 0.6) is 11.5 Å². The van der Waals surface area contributed by atoms with Crippen LogP contribution in [0.3, 0.4) is 0 Å². The fourth-order valence-corrected chi connectivity index (χ4v) is 2.89. The van der Waals surface area contributed by atoms with Crippen LogP contribution >= 0.6 is 11.8 Å². The maximum absolute atomic E-state index is 11.7. The maximum atomic E-state index is 11.7. The largest absolute Gasteiger partial charge is 0.461 e. The summed E-state index contributed by atoms with van der Waals surface area (Å²) in [6, 6.07) is 15.6. The van der Waals surface area contributed by atoms with E-state index in [-0.39, 0.29) is 19.4 Å². The molecule has 3 rings (SSSR count). The van der Waals surface area contributed by atoms with E-state index < -0.39 is 0 Å². The van der Waals surface area contributed by atoms with Crippen LogP contribution in [0.25, 0.3) is 0 Å². The van der Waals surface area contributed by atoms with Gasteiger partial charge in [0, 0.05) is 10.6 Å². The molecule has 0 aliphatic carbocycles. The van der Waals surface area contributed by atoms with Gasteiger partial charge in [0.15, 0.2) is 11.5 Å². The van der Waals surface area contributed by atoms with Crippen molar-refractivity contribution in [2.24, 2.45) is 0 Å². The number of ether oxygens (including phenoxy) is 3. The number of carbonyl (C=O) groups excluding carboxylic acids is 1. The second kappa shape index (κ2) is 7.22. The lowest BCUT2D eigenvalue weighted by molar-refractivity contribution is -0.144. The second-order valence-corrected chi connectivity index (χ2v) is 5.93. The number of thioether (sulfide) groups is 1. The Morgan fingerprint density at radius 1 is 1.09 bits per heavy atom. The third-order valence-electron chi connectivity index (χ3n) is 3.15. The Labute approximate surface area is 133 Å². The number of rotatable bonds is 6. The maximum Gasteiger partial charge on any atom is 0.306 e. The molecule has 5 heteroatoms. The van der Waals surface area contributed by atoms with Crippen LogP contribution in [0.4, 0.5) is 0 Å². The van der Waals surface area contributed by atoms with Crippen molar-refractivity contribution in [3.63, 3.8) is 0 Å². The number of benzene rings is 2. The van der Waals surface area contributed by atoms with Gasteiger partial charge in [-0.25, -0.2) is 0 Å². The average molecular weight is 316 g/mol. The number of hydrogen-bond acceptors (Lipinski definition) is 5.